The smallest absolute Gasteiger partial charge is 0.303 e. The van der Waals surface area contributed by atoms with E-state index in [0.717, 1.165) is 27.7 Å². The molecular weight excluding hydrogens is 331 g/mol. The van der Waals surface area contributed by atoms with Crippen LogP contribution in [0.15, 0.2) is 0 Å². The fourth-order valence-corrected chi connectivity index (χ4v) is 2.18. The standard InChI is InChI=1S/C14H19FO9/c1-6(16)20-5-10-11(21-7(2)17)12(22-8(3)18)13(14(15)24-10)23-9(4)19/h10-14H,5H2,1-4H3/t10-,11+,12+,13-,14+/m1/s1. The Bertz CT molecular complexity index is 506. The van der Waals surface area contributed by atoms with Crippen LogP contribution in [0.25, 0.3) is 0 Å². The van der Waals surface area contributed by atoms with Crippen molar-refractivity contribution in [1.82, 2.24) is 0 Å². The second kappa shape index (κ2) is 8.57. The van der Waals surface area contributed by atoms with Gasteiger partial charge in [0.2, 0.25) is 6.36 Å². The Morgan fingerprint density at radius 2 is 1.25 bits per heavy atom. The Kier molecular flexibility index (Phi) is 7.08. The number of hydrogen-bond acceptors (Lipinski definition) is 9. The molecule has 24 heavy (non-hydrogen) atoms. The lowest BCUT2D eigenvalue weighted by atomic mass is 9.98. The van der Waals surface area contributed by atoms with E-state index in [1.54, 1.807) is 0 Å². The molecule has 1 heterocycles. The zero-order valence-electron chi connectivity index (χ0n) is 13.6. The van der Waals surface area contributed by atoms with Gasteiger partial charge < -0.3 is 23.7 Å². The Morgan fingerprint density at radius 3 is 1.71 bits per heavy atom. The van der Waals surface area contributed by atoms with Gasteiger partial charge in [-0.1, -0.05) is 0 Å². The highest BCUT2D eigenvalue weighted by atomic mass is 19.1. The van der Waals surface area contributed by atoms with Crippen LogP contribution in [0.1, 0.15) is 27.7 Å². The zero-order chi connectivity index (χ0) is 18.4. The van der Waals surface area contributed by atoms with Crippen LogP contribution in [-0.4, -0.2) is 61.3 Å². The van der Waals surface area contributed by atoms with Crippen molar-refractivity contribution in [2.75, 3.05) is 6.61 Å². The minimum atomic E-state index is -2.18. The van der Waals surface area contributed by atoms with E-state index in [0.29, 0.717) is 0 Å². The molecule has 0 aromatic carbocycles. The summed E-state index contributed by atoms with van der Waals surface area (Å²) in [7, 11) is 0. The first-order valence-electron chi connectivity index (χ1n) is 7.06. The van der Waals surface area contributed by atoms with Gasteiger partial charge in [-0.25, -0.2) is 4.39 Å². The summed E-state index contributed by atoms with van der Waals surface area (Å²) in [4.78, 5) is 44.7. The summed E-state index contributed by atoms with van der Waals surface area (Å²) < 4.78 is 38.7. The van der Waals surface area contributed by atoms with Crippen LogP contribution in [0.2, 0.25) is 0 Å². The van der Waals surface area contributed by atoms with Crippen LogP contribution in [0.5, 0.6) is 0 Å². The SMILES string of the molecule is CC(=O)OC[C@H]1O[C@H](F)[C@H](OC(C)=O)[C@@H](OC(C)=O)[C@H]1OC(C)=O. The van der Waals surface area contributed by atoms with Gasteiger partial charge in [0.1, 0.15) is 12.7 Å². The molecule has 136 valence electrons. The van der Waals surface area contributed by atoms with Crippen LogP contribution in [0, 0.1) is 0 Å². The quantitative estimate of drug-likeness (QED) is 0.500. The van der Waals surface area contributed by atoms with E-state index in [1.807, 2.05) is 0 Å². The average Bonchev–Trinajstić information content (AvgIpc) is 2.42. The molecule has 1 rings (SSSR count). The summed E-state index contributed by atoms with van der Waals surface area (Å²) >= 11 is 0. The molecule has 1 aliphatic rings. The van der Waals surface area contributed by atoms with Crippen molar-refractivity contribution in [1.29, 1.82) is 0 Å². The Labute approximate surface area is 137 Å². The van der Waals surface area contributed by atoms with Gasteiger partial charge in [-0.2, -0.15) is 0 Å². The summed E-state index contributed by atoms with van der Waals surface area (Å²) in [5, 5.41) is 0. The van der Waals surface area contributed by atoms with Crippen molar-refractivity contribution in [3.63, 3.8) is 0 Å². The molecule has 0 N–H and O–H groups in total. The van der Waals surface area contributed by atoms with Crippen LogP contribution in [0.4, 0.5) is 4.39 Å². The summed E-state index contributed by atoms with van der Waals surface area (Å²) in [6.45, 7) is 3.85. The predicted molar refractivity (Wildman–Crippen MR) is 73.1 cm³/mol. The Balaban J connectivity index is 3.11. The fourth-order valence-electron chi connectivity index (χ4n) is 2.18. The maximum absolute atomic E-state index is 14.2. The monoisotopic (exact) mass is 350 g/mol. The minimum absolute atomic E-state index is 0.446. The molecule has 0 bridgehead atoms. The number of rotatable bonds is 5. The molecule has 0 aromatic rings. The van der Waals surface area contributed by atoms with E-state index >= 15 is 0 Å². The number of carbonyl (C=O) groups is 4. The highest BCUT2D eigenvalue weighted by Gasteiger charge is 2.52. The number of alkyl halides is 1. The van der Waals surface area contributed by atoms with Gasteiger partial charge in [-0.05, 0) is 0 Å². The highest BCUT2D eigenvalue weighted by molar-refractivity contribution is 5.68. The zero-order valence-corrected chi connectivity index (χ0v) is 13.6. The molecule has 5 atom stereocenters. The molecule has 9 nitrogen and oxygen atoms in total. The summed E-state index contributed by atoms with van der Waals surface area (Å²) in [5.74, 6) is -3.09. The molecule has 1 aliphatic heterocycles. The van der Waals surface area contributed by atoms with Crippen molar-refractivity contribution in [2.24, 2.45) is 0 Å². The second-order valence-corrected chi connectivity index (χ2v) is 5.05. The van der Waals surface area contributed by atoms with Gasteiger partial charge in [0.25, 0.3) is 0 Å². The van der Waals surface area contributed by atoms with E-state index < -0.39 is 61.3 Å². The molecule has 1 saturated heterocycles. The van der Waals surface area contributed by atoms with Crippen LogP contribution >= 0.6 is 0 Å². The van der Waals surface area contributed by atoms with Gasteiger partial charge >= 0.3 is 23.9 Å². The van der Waals surface area contributed by atoms with Crippen molar-refractivity contribution in [2.45, 2.75) is 58.5 Å². The Morgan fingerprint density at radius 1 is 0.792 bits per heavy atom. The largest absolute Gasteiger partial charge is 0.463 e. The van der Waals surface area contributed by atoms with Gasteiger partial charge in [0.15, 0.2) is 18.3 Å². The highest BCUT2D eigenvalue weighted by Crippen LogP contribution is 2.29. The Hall–Kier alpha value is -2.23. The van der Waals surface area contributed by atoms with Crippen molar-refractivity contribution < 1.29 is 47.3 Å². The fraction of sp³-hybridized carbons (Fsp3) is 0.714. The predicted octanol–water partition coefficient (Wildman–Crippen LogP) is 0.0390. The summed E-state index contributed by atoms with van der Waals surface area (Å²) in [6, 6.07) is 0. The molecule has 0 spiro atoms. The first-order chi connectivity index (χ1) is 11.1. The molecule has 10 heteroatoms. The number of esters is 4. The molecule has 0 unspecified atom stereocenters. The third kappa shape index (κ3) is 5.76. The lowest BCUT2D eigenvalue weighted by molar-refractivity contribution is -0.277. The lowest BCUT2D eigenvalue weighted by Crippen LogP contribution is -2.61. The van der Waals surface area contributed by atoms with Gasteiger partial charge in [-0.3, -0.25) is 19.2 Å². The number of ether oxygens (including phenoxy) is 5. The van der Waals surface area contributed by atoms with Crippen LogP contribution in [-0.2, 0) is 42.9 Å². The van der Waals surface area contributed by atoms with Crippen LogP contribution in [0.3, 0.4) is 0 Å². The van der Waals surface area contributed by atoms with Gasteiger partial charge in [0.05, 0.1) is 0 Å². The van der Waals surface area contributed by atoms with E-state index in [2.05, 4.69) is 0 Å². The molecular formula is C14H19FO9. The molecule has 0 aromatic heterocycles. The summed E-state index contributed by atoms with van der Waals surface area (Å²) in [6.07, 6.45) is -7.85. The maximum atomic E-state index is 14.2. The van der Waals surface area contributed by atoms with Crippen molar-refractivity contribution in [3.05, 3.63) is 0 Å². The molecule has 1 fully saturated rings. The van der Waals surface area contributed by atoms with E-state index in [1.165, 1.54) is 0 Å². The summed E-state index contributed by atoms with van der Waals surface area (Å²) in [5.41, 5.74) is 0. The maximum Gasteiger partial charge on any atom is 0.303 e. The molecule has 0 radical (unpaired) electrons. The van der Waals surface area contributed by atoms with E-state index in [9.17, 15) is 23.6 Å². The normalized spacial score (nSPS) is 29.3. The van der Waals surface area contributed by atoms with E-state index in [4.69, 9.17) is 23.7 Å². The first kappa shape index (κ1) is 19.8. The molecule has 0 aliphatic carbocycles. The molecule has 0 amide bonds. The van der Waals surface area contributed by atoms with Crippen molar-refractivity contribution >= 4 is 23.9 Å². The molecule has 0 saturated carbocycles. The van der Waals surface area contributed by atoms with Gasteiger partial charge in [-0.15, -0.1) is 0 Å². The third-order valence-corrected chi connectivity index (χ3v) is 2.93. The number of hydrogen-bond donors (Lipinski definition) is 0. The second-order valence-electron chi connectivity index (χ2n) is 5.05. The van der Waals surface area contributed by atoms with E-state index in [-0.39, 0.29) is 0 Å². The number of carbonyl (C=O) groups excluding carboxylic acids is 4. The minimum Gasteiger partial charge on any atom is -0.463 e. The number of halogens is 1. The average molecular weight is 350 g/mol. The van der Waals surface area contributed by atoms with Crippen molar-refractivity contribution in [3.8, 4) is 0 Å². The topological polar surface area (TPSA) is 114 Å². The van der Waals surface area contributed by atoms with Crippen LogP contribution < -0.4 is 0 Å². The third-order valence-electron chi connectivity index (χ3n) is 2.93. The van der Waals surface area contributed by atoms with Gasteiger partial charge in [0, 0.05) is 27.7 Å². The first-order valence-corrected chi connectivity index (χ1v) is 7.06. The lowest BCUT2D eigenvalue weighted by Gasteiger charge is -2.41.